The molecule has 2 aliphatic carbocycles. The number of nitrogens with two attached hydrogens (primary N) is 1. The van der Waals surface area contributed by atoms with Gasteiger partial charge in [0.05, 0.1) is 5.41 Å². The van der Waals surface area contributed by atoms with E-state index in [4.69, 9.17) is 5.73 Å². The first kappa shape index (κ1) is 12.9. The summed E-state index contributed by atoms with van der Waals surface area (Å²) in [6.45, 7) is 3.67. The Hall–Kier alpha value is -0.570. The number of nitrogens with zero attached hydrogens (tertiary/aromatic N) is 1. The predicted molar refractivity (Wildman–Crippen MR) is 69.6 cm³/mol. The van der Waals surface area contributed by atoms with Crippen molar-refractivity contribution in [3.8, 4) is 0 Å². The lowest BCUT2D eigenvalue weighted by molar-refractivity contribution is -0.142. The van der Waals surface area contributed by atoms with Gasteiger partial charge >= 0.3 is 0 Å². The number of carbonyl (C=O) groups excluding carboxylic acids is 1. The van der Waals surface area contributed by atoms with Gasteiger partial charge in [-0.1, -0.05) is 26.2 Å². The maximum Gasteiger partial charge on any atom is 0.230 e. The summed E-state index contributed by atoms with van der Waals surface area (Å²) in [4.78, 5) is 14.9. The van der Waals surface area contributed by atoms with Crippen LogP contribution in [0.25, 0.3) is 0 Å². The van der Waals surface area contributed by atoms with Crippen molar-refractivity contribution in [3.05, 3.63) is 0 Å². The van der Waals surface area contributed by atoms with E-state index in [2.05, 4.69) is 11.8 Å². The van der Waals surface area contributed by atoms with Crippen molar-refractivity contribution >= 4 is 5.91 Å². The highest BCUT2D eigenvalue weighted by Gasteiger charge is 2.45. The topological polar surface area (TPSA) is 46.3 Å². The van der Waals surface area contributed by atoms with Crippen molar-refractivity contribution in [1.82, 2.24) is 4.90 Å². The van der Waals surface area contributed by atoms with Crippen LogP contribution in [0.5, 0.6) is 0 Å². The molecule has 0 heterocycles. The molecule has 0 atom stereocenters. The molecule has 3 nitrogen and oxygen atoms in total. The van der Waals surface area contributed by atoms with Crippen LogP contribution < -0.4 is 5.73 Å². The summed E-state index contributed by atoms with van der Waals surface area (Å²) < 4.78 is 0. The third-order valence-corrected chi connectivity index (χ3v) is 4.41. The van der Waals surface area contributed by atoms with E-state index in [9.17, 15) is 4.79 Å². The van der Waals surface area contributed by atoms with E-state index in [1.807, 2.05) is 0 Å². The second kappa shape index (κ2) is 5.38. The van der Waals surface area contributed by atoms with E-state index in [-0.39, 0.29) is 5.41 Å². The largest absolute Gasteiger partial charge is 0.339 e. The Morgan fingerprint density at radius 2 is 2.00 bits per heavy atom. The standard InChI is InChI=1S/C14H26N2O/c1-2-3-10-16(12-6-7-12)13(17)14(11-15)8-4-5-9-14/h12H,2-11,15H2,1H3. The van der Waals surface area contributed by atoms with Gasteiger partial charge in [-0.05, 0) is 32.1 Å². The average Bonchev–Trinajstić information content (AvgIpc) is 3.07. The fourth-order valence-electron chi connectivity index (χ4n) is 3.03. The Labute approximate surface area is 105 Å². The zero-order valence-electron chi connectivity index (χ0n) is 11.1. The molecular formula is C14H26N2O. The van der Waals surface area contributed by atoms with E-state index in [0.717, 1.165) is 32.2 Å². The number of hydrogen-bond donors (Lipinski definition) is 1. The molecular weight excluding hydrogens is 212 g/mol. The van der Waals surface area contributed by atoms with Gasteiger partial charge in [0.2, 0.25) is 5.91 Å². The van der Waals surface area contributed by atoms with Crippen LogP contribution in [0.1, 0.15) is 58.3 Å². The highest BCUT2D eigenvalue weighted by molar-refractivity contribution is 5.84. The fourth-order valence-corrected chi connectivity index (χ4v) is 3.03. The van der Waals surface area contributed by atoms with Crippen LogP contribution >= 0.6 is 0 Å². The summed E-state index contributed by atoms with van der Waals surface area (Å²) in [6.07, 6.45) is 9.07. The minimum Gasteiger partial charge on any atom is -0.339 e. The Balaban J connectivity index is 2.03. The molecule has 2 rings (SSSR count). The molecule has 0 bridgehead atoms. The van der Waals surface area contributed by atoms with Gasteiger partial charge in [-0.2, -0.15) is 0 Å². The van der Waals surface area contributed by atoms with E-state index in [1.165, 1.54) is 25.7 Å². The average molecular weight is 238 g/mol. The highest BCUT2D eigenvalue weighted by Crippen LogP contribution is 2.41. The first-order valence-electron chi connectivity index (χ1n) is 7.24. The molecule has 0 spiro atoms. The normalized spacial score (nSPS) is 22.7. The summed E-state index contributed by atoms with van der Waals surface area (Å²) in [5.74, 6) is 0.369. The molecule has 2 saturated carbocycles. The monoisotopic (exact) mass is 238 g/mol. The van der Waals surface area contributed by atoms with Crippen molar-refractivity contribution in [2.24, 2.45) is 11.1 Å². The smallest absolute Gasteiger partial charge is 0.230 e. The van der Waals surface area contributed by atoms with Crippen LogP contribution in [0.15, 0.2) is 0 Å². The summed E-state index contributed by atoms with van der Waals surface area (Å²) in [5, 5.41) is 0. The van der Waals surface area contributed by atoms with Gasteiger partial charge in [-0.25, -0.2) is 0 Å². The zero-order valence-corrected chi connectivity index (χ0v) is 11.1. The summed E-state index contributed by atoms with van der Waals surface area (Å²) in [6, 6.07) is 0.540. The van der Waals surface area contributed by atoms with E-state index in [0.29, 0.717) is 18.5 Å². The Bertz CT molecular complexity index is 267. The van der Waals surface area contributed by atoms with E-state index in [1.54, 1.807) is 0 Å². The molecule has 0 radical (unpaired) electrons. The molecule has 0 aliphatic heterocycles. The number of carbonyl (C=O) groups is 1. The van der Waals surface area contributed by atoms with Crippen LogP contribution in [-0.2, 0) is 4.79 Å². The van der Waals surface area contributed by atoms with Gasteiger partial charge in [-0.3, -0.25) is 4.79 Å². The maximum absolute atomic E-state index is 12.7. The first-order chi connectivity index (χ1) is 8.23. The van der Waals surface area contributed by atoms with Crippen LogP contribution in [0.4, 0.5) is 0 Å². The molecule has 1 amide bonds. The van der Waals surface area contributed by atoms with Gasteiger partial charge < -0.3 is 10.6 Å². The van der Waals surface area contributed by atoms with Crippen molar-refractivity contribution in [1.29, 1.82) is 0 Å². The SMILES string of the molecule is CCCCN(C(=O)C1(CN)CCCC1)C1CC1. The molecule has 2 N–H and O–H groups in total. The number of rotatable bonds is 6. The molecule has 0 aromatic rings. The Kier molecular flexibility index (Phi) is 4.08. The fraction of sp³-hybridized carbons (Fsp3) is 0.929. The van der Waals surface area contributed by atoms with Gasteiger partial charge in [0.15, 0.2) is 0 Å². The quantitative estimate of drug-likeness (QED) is 0.771. The first-order valence-corrected chi connectivity index (χ1v) is 7.24. The van der Waals surface area contributed by atoms with Gasteiger partial charge in [-0.15, -0.1) is 0 Å². The van der Waals surface area contributed by atoms with Crippen LogP contribution in [-0.4, -0.2) is 29.9 Å². The van der Waals surface area contributed by atoms with Gasteiger partial charge in [0.25, 0.3) is 0 Å². The van der Waals surface area contributed by atoms with Crippen LogP contribution in [0, 0.1) is 5.41 Å². The van der Waals surface area contributed by atoms with E-state index >= 15 is 0 Å². The number of amides is 1. The molecule has 98 valence electrons. The van der Waals surface area contributed by atoms with Crippen molar-refractivity contribution in [2.45, 2.75) is 64.3 Å². The summed E-state index contributed by atoms with van der Waals surface area (Å²) in [5.41, 5.74) is 5.71. The minimum atomic E-state index is -0.198. The molecule has 0 unspecified atom stereocenters. The molecule has 0 aromatic carbocycles. The molecule has 0 aromatic heterocycles. The van der Waals surface area contributed by atoms with Crippen molar-refractivity contribution in [3.63, 3.8) is 0 Å². The number of hydrogen-bond acceptors (Lipinski definition) is 2. The van der Waals surface area contributed by atoms with Crippen molar-refractivity contribution < 1.29 is 4.79 Å². The lowest BCUT2D eigenvalue weighted by Crippen LogP contribution is -2.48. The second-order valence-corrected chi connectivity index (χ2v) is 5.77. The third-order valence-electron chi connectivity index (χ3n) is 4.41. The van der Waals surface area contributed by atoms with Crippen molar-refractivity contribution in [2.75, 3.05) is 13.1 Å². The Morgan fingerprint density at radius 3 is 2.47 bits per heavy atom. The lowest BCUT2D eigenvalue weighted by atomic mass is 9.84. The molecule has 3 heteroatoms. The van der Waals surface area contributed by atoms with E-state index < -0.39 is 0 Å². The van der Waals surface area contributed by atoms with Crippen LogP contribution in [0.2, 0.25) is 0 Å². The van der Waals surface area contributed by atoms with Gasteiger partial charge in [0, 0.05) is 19.1 Å². The number of unbranched alkanes of at least 4 members (excludes halogenated alkanes) is 1. The molecule has 2 fully saturated rings. The predicted octanol–water partition coefficient (Wildman–Crippen LogP) is 2.30. The minimum absolute atomic E-state index is 0.198. The van der Waals surface area contributed by atoms with Crippen LogP contribution in [0.3, 0.4) is 0 Å². The summed E-state index contributed by atoms with van der Waals surface area (Å²) in [7, 11) is 0. The Morgan fingerprint density at radius 1 is 1.35 bits per heavy atom. The molecule has 17 heavy (non-hydrogen) atoms. The third kappa shape index (κ3) is 2.65. The lowest BCUT2D eigenvalue weighted by Gasteiger charge is -2.33. The second-order valence-electron chi connectivity index (χ2n) is 5.77. The maximum atomic E-state index is 12.7. The highest BCUT2D eigenvalue weighted by atomic mass is 16.2. The summed E-state index contributed by atoms with van der Waals surface area (Å²) >= 11 is 0. The zero-order chi connectivity index (χ0) is 12.3. The van der Waals surface area contributed by atoms with Gasteiger partial charge in [0.1, 0.15) is 0 Å². The molecule has 0 saturated heterocycles. The molecule has 2 aliphatic rings.